The number of thioether (sulfide) groups is 1. The second kappa shape index (κ2) is 6.36. The van der Waals surface area contributed by atoms with Gasteiger partial charge in [-0.2, -0.15) is 0 Å². The smallest absolute Gasteiger partial charge is 0.123 e. The molecule has 1 nitrogen and oxygen atoms in total. The van der Waals surface area contributed by atoms with E-state index in [9.17, 15) is 4.39 Å². The highest BCUT2D eigenvalue weighted by Gasteiger charge is 2.14. The van der Waals surface area contributed by atoms with E-state index in [0.717, 1.165) is 14.9 Å². The van der Waals surface area contributed by atoms with E-state index in [0.29, 0.717) is 6.54 Å². The van der Waals surface area contributed by atoms with Gasteiger partial charge in [-0.15, -0.1) is 11.8 Å². The number of benzene rings is 2. The van der Waals surface area contributed by atoms with Gasteiger partial charge in [-0.1, -0.05) is 34.1 Å². The molecule has 0 saturated heterocycles. The van der Waals surface area contributed by atoms with Gasteiger partial charge in [0.05, 0.1) is 0 Å². The Morgan fingerprint density at radius 3 is 2.39 bits per heavy atom. The molecule has 0 aliphatic heterocycles. The van der Waals surface area contributed by atoms with Crippen molar-refractivity contribution in [1.29, 1.82) is 0 Å². The molecule has 0 bridgehead atoms. The zero-order valence-corrected chi connectivity index (χ0v) is 12.0. The Balaban J connectivity index is 2.20. The van der Waals surface area contributed by atoms with Gasteiger partial charge in [-0.25, -0.2) is 4.39 Å². The van der Waals surface area contributed by atoms with Crippen LogP contribution in [0.4, 0.5) is 4.39 Å². The van der Waals surface area contributed by atoms with Gasteiger partial charge in [0.1, 0.15) is 5.82 Å². The minimum Gasteiger partial charge on any atom is -0.329 e. The van der Waals surface area contributed by atoms with Crippen molar-refractivity contribution in [3.05, 3.63) is 64.4 Å². The second-order valence-electron chi connectivity index (χ2n) is 3.82. The van der Waals surface area contributed by atoms with E-state index in [1.54, 1.807) is 23.9 Å². The van der Waals surface area contributed by atoms with Gasteiger partial charge in [0.25, 0.3) is 0 Å². The van der Waals surface area contributed by atoms with Gasteiger partial charge in [0.15, 0.2) is 0 Å². The molecule has 1 unspecified atom stereocenters. The van der Waals surface area contributed by atoms with Crippen molar-refractivity contribution in [2.75, 3.05) is 6.54 Å². The topological polar surface area (TPSA) is 26.0 Å². The Kier molecular flexibility index (Phi) is 4.80. The second-order valence-corrected chi connectivity index (χ2v) is 5.95. The summed E-state index contributed by atoms with van der Waals surface area (Å²) < 4.78 is 13.9. The molecular formula is C14H13BrFNS. The van der Waals surface area contributed by atoms with Gasteiger partial charge in [0.2, 0.25) is 0 Å². The molecule has 0 aromatic heterocycles. The van der Waals surface area contributed by atoms with Gasteiger partial charge in [0, 0.05) is 21.2 Å². The maximum atomic E-state index is 12.9. The van der Waals surface area contributed by atoms with E-state index in [1.165, 1.54) is 12.1 Å². The van der Waals surface area contributed by atoms with Crippen LogP contribution in [0.2, 0.25) is 0 Å². The van der Waals surface area contributed by atoms with Crippen molar-refractivity contribution in [2.24, 2.45) is 5.73 Å². The number of hydrogen-bond donors (Lipinski definition) is 1. The highest BCUT2D eigenvalue weighted by molar-refractivity contribution is 9.10. The van der Waals surface area contributed by atoms with Gasteiger partial charge >= 0.3 is 0 Å². The summed E-state index contributed by atoms with van der Waals surface area (Å²) in [4.78, 5) is 1.02. The van der Waals surface area contributed by atoms with Crippen molar-refractivity contribution in [3.8, 4) is 0 Å². The van der Waals surface area contributed by atoms with Crippen LogP contribution in [0.1, 0.15) is 10.8 Å². The van der Waals surface area contributed by atoms with E-state index >= 15 is 0 Å². The standard InChI is InChI=1S/C14H13BrFNS/c15-13-4-2-1-3-12(13)14(9-17)18-11-7-5-10(16)6-8-11/h1-8,14H,9,17H2. The third kappa shape index (κ3) is 3.34. The lowest BCUT2D eigenvalue weighted by atomic mass is 10.1. The summed E-state index contributed by atoms with van der Waals surface area (Å²) in [5.41, 5.74) is 7.00. The monoisotopic (exact) mass is 325 g/mol. The van der Waals surface area contributed by atoms with Crippen molar-refractivity contribution in [2.45, 2.75) is 10.1 Å². The van der Waals surface area contributed by atoms with Crippen molar-refractivity contribution < 1.29 is 4.39 Å². The largest absolute Gasteiger partial charge is 0.329 e. The zero-order valence-electron chi connectivity index (χ0n) is 9.64. The summed E-state index contributed by atoms with van der Waals surface area (Å²) in [6, 6.07) is 14.5. The van der Waals surface area contributed by atoms with Crippen LogP contribution in [0.5, 0.6) is 0 Å². The summed E-state index contributed by atoms with van der Waals surface area (Å²) in [5, 5.41) is 0.158. The molecule has 4 heteroatoms. The summed E-state index contributed by atoms with van der Waals surface area (Å²) in [6.45, 7) is 0.532. The highest BCUT2D eigenvalue weighted by atomic mass is 79.9. The van der Waals surface area contributed by atoms with E-state index in [1.807, 2.05) is 18.2 Å². The molecule has 2 N–H and O–H groups in total. The molecule has 0 aliphatic carbocycles. The Morgan fingerprint density at radius 2 is 1.78 bits per heavy atom. The van der Waals surface area contributed by atoms with Crippen LogP contribution in [0.15, 0.2) is 57.9 Å². The van der Waals surface area contributed by atoms with Crippen molar-refractivity contribution in [1.82, 2.24) is 0 Å². The van der Waals surface area contributed by atoms with E-state index < -0.39 is 0 Å². The molecule has 94 valence electrons. The Labute approximate surface area is 119 Å². The summed E-state index contributed by atoms with van der Waals surface area (Å²) in [6.07, 6.45) is 0. The fraction of sp³-hybridized carbons (Fsp3) is 0.143. The van der Waals surface area contributed by atoms with Crippen molar-refractivity contribution in [3.63, 3.8) is 0 Å². The first kappa shape index (κ1) is 13.6. The van der Waals surface area contributed by atoms with Crippen LogP contribution >= 0.6 is 27.7 Å². The van der Waals surface area contributed by atoms with Gasteiger partial charge in [-0.3, -0.25) is 0 Å². The van der Waals surface area contributed by atoms with E-state index in [2.05, 4.69) is 22.0 Å². The van der Waals surface area contributed by atoms with E-state index in [4.69, 9.17) is 5.73 Å². The first-order chi connectivity index (χ1) is 8.70. The molecule has 2 aromatic carbocycles. The fourth-order valence-electron chi connectivity index (χ4n) is 1.65. The van der Waals surface area contributed by atoms with Crippen LogP contribution in [0, 0.1) is 5.82 Å². The average molecular weight is 326 g/mol. The maximum Gasteiger partial charge on any atom is 0.123 e. The van der Waals surface area contributed by atoms with Crippen LogP contribution in [-0.2, 0) is 0 Å². The number of rotatable bonds is 4. The Bertz CT molecular complexity index is 515. The lowest BCUT2D eigenvalue weighted by molar-refractivity contribution is 0.626. The minimum atomic E-state index is -0.218. The molecule has 0 saturated carbocycles. The SMILES string of the molecule is NCC(Sc1ccc(F)cc1)c1ccccc1Br. The summed E-state index contributed by atoms with van der Waals surface area (Å²) in [5.74, 6) is -0.218. The number of hydrogen-bond acceptors (Lipinski definition) is 2. The van der Waals surface area contributed by atoms with Crippen LogP contribution in [-0.4, -0.2) is 6.54 Å². The fourth-order valence-corrected chi connectivity index (χ4v) is 3.42. The zero-order chi connectivity index (χ0) is 13.0. The van der Waals surface area contributed by atoms with Crippen LogP contribution in [0.3, 0.4) is 0 Å². The predicted octanol–water partition coefficient (Wildman–Crippen LogP) is 4.38. The van der Waals surface area contributed by atoms with E-state index in [-0.39, 0.29) is 11.1 Å². The van der Waals surface area contributed by atoms with Crippen molar-refractivity contribution >= 4 is 27.7 Å². The molecule has 0 spiro atoms. The molecule has 18 heavy (non-hydrogen) atoms. The first-order valence-corrected chi connectivity index (χ1v) is 7.24. The third-order valence-corrected chi connectivity index (χ3v) is 4.56. The molecule has 0 aliphatic rings. The lowest BCUT2D eigenvalue weighted by Gasteiger charge is -2.16. The molecule has 0 heterocycles. The maximum absolute atomic E-state index is 12.9. The van der Waals surface area contributed by atoms with Crippen LogP contribution < -0.4 is 5.73 Å². The molecule has 1 atom stereocenters. The third-order valence-electron chi connectivity index (χ3n) is 2.56. The Hall–Kier alpha value is -0.840. The summed E-state index contributed by atoms with van der Waals surface area (Å²) >= 11 is 5.18. The first-order valence-electron chi connectivity index (χ1n) is 5.57. The molecule has 0 amide bonds. The number of nitrogens with two attached hydrogens (primary N) is 1. The lowest BCUT2D eigenvalue weighted by Crippen LogP contribution is -2.09. The highest BCUT2D eigenvalue weighted by Crippen LogP contribution is 2.37. The van der Waals surface area contributed by atoms with Gasteiger partial charge in [-0.05, 0) is 35.9 Å². The molecule has 0 radical (unpaired) electrons. The summed E-state index contributed by atoms with van der Waals surface area (Å²) in [7, 11) is 0. The number of halogens is 2. The predicted molar refractivity (Wildman–Crippen MR) is 78.2 cm³/mol. The minimum absolute atomic E-state index is 0.158. The normalized spacial score (nSPS) is 12.4. The molecule has 0 fully saturated rings. The average Bonchev–Trinajstić information content (AvgIpc) is 2.39. The molecule has 2 rings (SSSR count). The van der Waals surface area contributed by atoms with Crippen LogP contribution in [0.25, 0.3) is 0 Å². The quantitative estimate of drug-likeness (QED) is 0.844. The van der Waals surface area contributed by atoms with Gasteiger partial charge < -0.3 is 5.73 Å². The molecular weight excluding hydrogens is 313 g/mol. The molecule has 2 aromatic rings. The Morgan fingerprint density at radius 1 is 1.11 bits per heavy atom.